The Labute approximate surface area is 214 Å². The van der Waals surface area contributed by atoms with Gasteiger partial charge >= 0.3 is 0 Å². The zero-order valence-corrected chi connectivity index (χ0v) is 22.0. The molecule has 2 amide bonds. The Morgan fingerprint density at radius 2 is 0.972 bits per heavy atom. The van der Waals surface area contributed by atoms with Gasteiger partial charge in [0.25, 0.3) is 0 Å². The number of carbonyl (C=O) groups is 2. The molecule has 0 saturated carbocycles. The van der Waals surface area contributed by atoms with E-state index in [1.807, 2.05) is 27.7 Å². The van der Waals surface area contributed by atoms with Crippen LogP contribution in [-0.4, -0.2) is 47.2 Å². The van der Waals surface area contributed by atoms with E-state index in [2.05, 4.69) is 10.6 Å². The third-order valence-electron chi connectivity index (χ3n) is 6.59. The lowest BCUT2D eigenvalue weighted by atomic mass is 9.96. The van der Waals surface area contributed by atoms with Crippen molar-refractivity contribution in [2.75, 3.05) is 13.1 Å². The van der Waals surface area contributed by atoms with Crippen molar-refractivity contribution in [1.29, 1.82) is 0 Å². The number of amides is 2. The molecule has 8 heteroatoms. The fourth-order valence-corrected chi connectivity index (χ4v) is 4.50. The highest BCUT2D eigenvalue weighted by Crippen LogP contribution is 2.22. The van der Waals surface area contributed by atoms with Crippen molar-refractivity contribution in [3.63, 3.8) is 0 Å². The summed E-state index contributed by atoms with van der Waals surface area (Å²) in [4.78, 5) is 24.7. The van der Waals surface area contributed by atoms with Gasteiger partial charge in [-0.2, -0.15) is 0 Å². The first-order valence-corrected chi connectivity index (χ1v) is 12.6. The number of hydrogen-bond donors (Lipinski definition) is 6. The molecule has 0 aromatic heterocycles. The highest BCUT2D eigenvalue weighted by atomic mass is 16.3. The monoisotopic (exact) mass is 498 g/mol. The molecule has 0 spiro atoms. The van der Waals surface area contributed by atoms with Crippen LogP contribution in [0, 0.1) is 27.7 Å². The van der Waals surface area contributed by atoms with Crippen LogP contribution in [0.4, 0.5) is 0 Å². The Morgan fingerprint density at radius 1 is 0.667 bits per heavy atom. The highest BCUT2D eigenvalue weighted by Gasteiger charge is 2.18. The predicted octanol–water partition coefficient (Wildman–Crippen LogP) is 2.56. The molecule has 0 heterocycles. The minimum absolute atomic E-state index is 0.178. The second-order valence-corrected chi connectivity index (χ2v) is 9.73. The predicted molar refractivity (Wildman–Crippen MR) is 143 cm³/mol. The number of benzene rings is 2. The summed E-state index contributed by atoms with van der Waals surface area (Å²) in [7, 11) is 0. The van der Waals surface area contributed by atoms with Crippen LogP contribution in [0.2, 0.25) is 0 Å². The summed E-state index contributed by atoms with van der Waals surface area (Å²) in [6, 6.07) is 5.45. The molecule has 0 fully saturated rings. The van der Waals surface area contributed by atoms with E-state index in [1.54, 1.807) is 24.3 Å². The van der Waals surface area contributed by atoms with Crippen molar-refractivity contribution in [2.24, 2.45) is 11.5 Å². The van der Waals surface area contributed by atoms with Crippen molar-refractivity contribution >= 4 is 11.8 Å². The number of nitrogens with one attached hydrogen (secondary N) is 2. The highest BCUT2D eigenvalue weighted by molar-refractivity contribution is 5.82. The van der Waals surface area contributed by atoms with Crippen LogP contribution in [0.1, 0.15) is 59.1 Å². The topological polar surface area (TPSA) is 151 Å². The Bertz CT molecular complexity index is 924. The third-order valence-corrected chi connectivity index (χ3v) is 6.59. The fraction of sp³-hybridized carbons (Fsp3) is 0.500. The summed E-state index contributed by atoms with van der Waals surface area (Å²) >= 11 is 0. The maximum absolute atomic E-state index is 12.3. The Morgan fingerprint density at radius 3 is 1.28 bits per heavy atom. The van der Waals surface area contributed by atoms with Gasteiger partial charge in [-0.1, -0.05) is 12.8 Å². The normalized spacial score (nSPS) is 12.7. The standard InChI is InChI=1S/C28H42N4O4/c1-17-11-21(33)12-18(2)23(17)15-25(29)27(35)31-9-7-5-6-8-10-32-28(36)26(30)16-24-19(3)13-22(34)14-20(24)4/h11-14,25-26,33-34H,5-10,15-16,29-30H2,1-4H3,(H,31,35)(H,32,36)/t25-,26-/m0/s1. The van der Waals surface area contributed by atoms with Crippen LogP contribution in [-0.2, 0) is 22.4 Å². The average molecular weight is 499 g/mol. The van der Waals surface area contributed by atoms with Crippen LogP contribution in [0.15, 0.2) is 24.3 Å². The van der Waals surface area contributed by atoms with E-state index in [0.29, 0.717) is 25.9 Å². The number of phenolic OH excluding ortho intramolecular Hbond substituents is 2. The molecule has 2 aromatic carbocycles. The van der Waals surface area contributed by atoms with E-state index in [-0.39, 0.29) is 23.3 Å². The van der Waals surface area contributed by atoms with Crippen molar-refractivity contribution in [2.45, 2.75) is 78.3 Å². The Hall–Kier alpha value is -3.10. The summed E-state index contributed by atoms with van der Waals surface area (Å²) in [5, 5.41) is 25.1. The molecule has 0 aliphatic carbocycles. The number of phenols is 2. The third kappa shape index (κ3) is 8.84. The number of hydrogen-bond acceptors (Lipinski definition) is 6. The van der Waals surface area contributed by atoms with Crippen molar-refractivity contribution in [3.8, 4) is 11.5 Å². The van der Waals surface area contributed by atoms with E-state index in [9.17, 15) is 19.8 Å². The van der Waals surface area contributed by atoms with Gasteiger partial charge in [0, 0.05) is 13.1 Å². The van der Waals surface area contributed by atoms with Crippen molar-refractivity contribution in [1.82, 2.24) is 10.6 Å². The number of nitrogens with two attached hydrogens (primary N) is 2. The maximum atomic E-state index is 12.3. The number of unbranched alkanes of at least 4 members (excludes halogenated alkanes) is 3. The van der Waals surface area contributed by atoms with Gasteiger partial charge in [-0.15, -0.1) is 0 Å². The first-order valence-electron chi connectivity index (χ1n) is 12.6. The van der Waals surface area contributed by atoms with Crippen LogP contribution in [0.25, 0.3) is 0 Å². The molecule has 36 heavy (non-hydrogen) atoms. The van der Waals surface area contributed by atoms with Gasteiger partial charge in [0.05, 0.1) is 12.1 Å². The van der Waals surface area contributed by atoms with Gasteiger partial charge in [0.1, 0.15) is 11.5 Å². The Kier molecular flexibility index (Phi) is 11.2. The van der Waals surface area contributed by atoms with Crippen molar-refractivity contribution in [3.05, 3.63) is 57.6 Å². The molecule has 2 atom stereocenters. The summed E-state index contributed by atoms with van der Waals surface area (Å²) in [5.41, 5.74) is 17.9. The van der Waals surface area contributed by atoms with Gasteiger partial charge < -0.3 is 32.3 Å². The molecule has 0 unspecified atom stereocenters. The molecule has 0 radical (unpaired) electrons. The van der Waals surface area contributed by atoms with Crippen LogP contribution < -0.4 is 22.1 Å². The van der Waals surface area contributed by atoms with E-state index in [0.717, 1.165) is 59.1 Å². The van der Waals surface area contributed by atoms with Crippen LogP contribution in [0.5, 0.6) is 11.5 Å². The molecular formula is C28H42N4O4. The molecule has 0 aliphatic rings. The van der Waals surface area contributed by atoms with Gasteiger partial charge in [0.2, 0.25) is 11.8 Å². The lowest BCUT2D eigenvalue weighted by Gasteiger charge is -2.16. The zero-order valence-electron chi connectivity index (χ0n) is 22.0. The summed E-state index contributed by atoms with van der Waals surface area (Å²) in [5.74, 6) is 0.0753. The first-order chi connectivity index (χ1) is 17.0. The van der Waals surface area contributed by atoms with Crippen LogP contribution >= 0.6 is 0 Å². The number of rotatable bonds is 13. The van der Waals surface area contributed by atoms with Gasteiger partial charge in [-0.25, -0.2) is 0 Å². The number of aromatic hydroxyl groups is 2. The molecule has 198 valence electrons. The van der Waals surface area contributed by atoms with E-state index >= 15 is 0 Å². The minimum atomic E-state index is -0.638. The minimum Gasteiger partial charge on any atom is -0.508 e. The van der Waals surface area contributed by atoms with Gasteiger partial charge in [-0.3, -0.25) is 9.59 Å². The molecule has 0 aliphatic heterocycles. The average Bonchev–Trinajstić information content (AvgIpc) is 2.79. The molecule has 0 saturated heterocycles. The second-order valence-electron chi connectivity index (χ2n) is 9.73. The molecule has 8 N–H and O–H groups in total. The van der Waals surface area contributed by atoms with Crippen molar-refractivity contribution < 1.29 is 19.8 Å². The zero-order chi connectivity index (χ0) is 26.8. The SMILES string of the molecule is Cc1cc(O)cc(C)c1C[C@H](N)C(=O)NCCCCCCNC(=O)[C@@H](N)Cc1c(C)cc(O)cc1C. The lowest BCUT2D eigenvalue weighted by Crippen LogP contribution is -2.42. The lowest BCUT2D eigenvalue weighted by molar-refractivity contribution is -0.123. The molecule has 2 aromatic rings. The molecular weight excluding hydrogens is 456 g/mol. The Balaban J connectivity index is 1.59. The number of aryl methyl sites for hydroxylation is 4. The molecule has 0 bridgehead atoms. The van der Waals surface area contributed by atoms with E-state index < -0.39 is 12.1 Å². The van der Waals surface area contributed by atoms with E-state index in [4.69, 9.17) is 11.5 Å². The smallest absolute Gasteiger partial charge is 0.237 e. The molecule has 2 rings (SSSR count). The quantitative estimate of drug-likeness (QED) is 0.234. The first kappa shape index (κ1) is 29.1. The van der Waals surface area contributed by atoms with Gasteiger partial charge in [0.15, 0.2) is 0 Å². The van der Waals surface area contributed by atoms with E-state index in [1.165, 1.54) is 0 Å². The second kappa shape index (κ2) is 13.8. The number of carbonyl (C=O) groups excluding carboxylic acids is 2. The summed E-state index contributed by atoms with van der Waals surface area (Å²) < 4.78 is 0. The fourth-order valence-electron chi connectivity index (χ4n) is 4.50. The summed E-state index contributed by atoms with van der Waals surface area (Å²) in [6.07, 6.45) is 4.39. The van der Waals surface area contributed by atoms with Crippen LogP contribution in [0.3, 0.4) is 0 Å². The van der Waals surface area contributed by atoms with Gasteiger partial charge in [-0.05, 0) is 111 Å². The maximum Gasteiger partial charge on any atom is 0.237 e. The molecule has 8 nitrogen and oxygen atoms in total. The summed E-state index contributed by atoms with van der Waals surface area (Å²) in [6.45, 7) is 8.73. The largest absolute Gasteiger partial charge is 0.508 e.